The first-order valence-corrected chi connectivity index (χ1v) is 13.6. The highest BCUT2D eigenvalue weighted by Gasteiger charge is 2.46. The van der Waals surface area contributed by atoms with Crippen molar-refractivity contribution in [3.05, 3.63) is 59.2 Å². The summed E-state index contributed by atoms with van der Waals surface area (Å²) in [5.41, 5.74) is 0.717. The van der Waals surface area contributed by atoms with Gasteiger partial charge in [-0.05, 0) is 75.9 Å². The third-order valence-corrected chi connectivity index (χ3v) is 8.08. The number of benzene rings is 2. The van der Waals surface area contributed by atoms with E-state index in [-0.39, 0.29) is 21.8 Å². The Morgan fingerprint density at radius 1 is 1.03 bits per heavy atom. The second-order valence-corrected chi connectivity index (χ2v) is 11.5. The summed E-state index contributed by atoms with van der Waals surface area (Å²) in [7, 11) is 4.51. The van der Waals surface area contributed by atoms with Crippen LogP contribution in [-0.2, 0) is 19.6 Å². The van der Waals surface area contributed by atoms with Gasteiger partial charge in [-0.1, -0.05) is 6.07 Å². The lowest BCUT2D eigenvalue weighted by molar-refractivity contribution is -0.139. The SMILES string of the molecule is CCOc1ccc([C@H]2/C(=C(\O)c3ccc(S(=O)(=O)N(C)C)cc3)C(=O)C(=O)N2CCCN(C)C)cc1OC. The predicted octanol–water partition coefficient (Wildman–Crippen LogP) is 2.72. The molecule has 1 amide bonds. The molecule has 10 nitrogen and oxygen atoms in total. The molecule has 1 fully saturated rings. The number of hydrogen-bond donors (Lipinski definition) is 1. The third kappa shape index (κ3) is 5.85. The minimum absolute atomic E-state index is 0.0380. The van der Waals surface area contributed by atoms with E-state index in [2.05, 4.69) is 0 Å². The minimum atomic E-state index is -3.68. The Labute approximate surface area is 224 Å². The van der Waals surface area contributed by atoms with E-state index >= 15 is 0 Å². The topological polar surface area (TPSA) is 117 Å². The molecule has 0 radical (unpaired) electrons. The predicted molar refractivity (Wildman–Crippen MR) is 144 cm³/mol. The summed E-state index contributed by atoms with van der Waals surface area (Å²) in [5, 5.41) is 11.3. The highest BCUT2D eigenvalue weighted by Crippen LogP contribution is 2.42. The molecule has 2 aromatic rings. The Hall–Kier alpha value is -3.41. The van der Waals surface area contributed by atoms with E-state index in [9.17, 15) is 23.1 Å². The minimum Gasteiger partial charge on any atom is -0.507 e. The summed E-state index contributed by atoms with van der Waals surface area (Å²) in [5.74, 6) is -0.960. The highest BCUT2D eigenvalue weighted by molar-refractivity contribution is 7.89. The first kappa shape index (κ1) is 29.2. The van der Waals surface area contributed by atoms with Crippen LogP contribution in [0.15, 0.2) is 52.9 Å². The van der Waals surface area contributed by atoms with Crippen LogP contribution in [0.2, 0.25) is 0 Å². The number of hydrogen-bond acceptors (Lipinski definition) is 8. The molecule has 2 aromatic carbocycles. The van der Waals surface area contributed by atoms with Crippen LogP contribution in [0.4, 0.5) is 0 Å². The van der Waals surface area contributed by atoms with Gasteiger partial charge in [-0.25, -0.2) is 12.7 Å². The lowest BCUT2D eigenvalue weighted by Gasteiger charge is -2.26. The van der Waals surface area contributed by atoms with Crippen molar-refractivity contribution in [3.63, 3.8) is 0 Å². The van der Waals surface area contributed by atoms with Gasteiger partial charge >= 0.3 is 0 Å². The van der Waals surface area contributed by atoms with Crippen LogP contribution in [-0.4, -0.2) is 94.3 Å². The molecule has 0 aromatic heterocycles. The van der Waals surface area contributed by atoms with Gasteiger partial charge in [-0.15, -0.1) is 0 Å². The maximum atomic E-state index is 13.3. The van der Waals surface area contributed by atoms with Gasteiger partial charge < -0.3 is 24.4 Å². The number of carbonyl (C=O) groups is 2. The number of ketones is 1. The quantitative estimate of drug-likeness (QED) is 0.260. The summed E-state index contributed by atoms with van der Waals surface area (Å²) in [4.78, 5) is 29.9. The van der Waals surface area contributed by atoms with Crippen LogP contribution in [0.25, 0.3) is 5.76 Å². The molecular weight excluding hydrogens is 510 g/mol. The summed E-state index contributed by atoms with van der Waals surface area (Å²) >= 11 is 0. The van der Waals surface area contributed by atoms with Crippen molar-refractivity contribution in [1.82, 2.24) is 14.1 Å². The fraction of sp³-hybridized carbons (Fsp3) is 0.407. The molecule has 0 aliphatic carbocycles. The molecule has 206 valence electrons. The Morgan fingerprint density at radius 2 is 1.68 bits per heavy atom. The van der Waals surface area contributed by atoms with E-state index in [4.69, 9.17) is 9.47 Å². The van der Waals surface area contributed by atoms with Gasteiger partial charge in [0.05, 0.1) is 30.2 Å². The van der Waals surface area contributed by atoms with Gasteiger partial charge in [-0.3, -0.25) is 9.59 Å². The maximum Gasteiger partial charge on any atom is 0.295 e. The van der Waals surface area contributed by atoms with Crippen molar-refractivity contribution >= 4 is 27.5 Å². The molecular formula is C27H35N3O7S. The van der Waals surface area contributed by atoms with E-state index in [1.807, 2.05) is 25.9 Å². The van der Waals surface area contributed by atoms with Crippen molar-refractivity contribution < 1.29 is 32.6 Å². The summed E-state index contributed by atoms with van der Waals surface area (Å²) in [6.45, 7) is 3.27. The lowest BCUT2D eigenvalue weighted by atomic mass is 9.95. The number of sulfonamides is 1. The van der Waals surface area contributed by atoms with Crippen LogP contribution in [0.1, 0.15) is 30.5 Å². The van der Waals surface area contributed by atoms with Gasteiger partial charge in [0.25, 0.3) is 11.7 Å². The molecule has 3 rings (SSSR count). The number of aliphatic hydroxyl groups is 1. The number of methoxy groups -OCH3 is 1. The average Bonchev–Trinajstić information content (AvgIpc) is 3.13. The molecule has 38 heavy (non-hydrogen) atoms. The maximum absolute atomic E-state index is 13.3. The third-order valence-electron chi connectivity index (χ3n) is 6.25. The first-order chi connectivity index (χ1) is 17.9. The highest BCUT2D eigenvalue weighted by atomic mass is 32.2. The molecule has 0 spiro atoms. The number of rotatable bonds is 11. The van der Waals surface area contributed by atoms with Crippen molar-refractivity contribution in [1.29, 1.82) is 0 Å². The second kappa shape index (κ2) is 12.0. The van der Waals surface area contributed by atoms with Crippen molar-refractivity contribution in [2.24, 2.45) is 0 Å². The Kier molecular flexibility index (Phi) is 9.18. The molecule has 1 saturated heterocycles. The molecule has 0 saturated carbocycles. The van der Waals surface area contributed by atoms with E-state index in [0.717, 1.165) is 4.31 Å². The zero-order valence-electron chi connectivity index (χ0n) is 22.6. The van der Waals surface area contributed by atoms with Gasteiger partial charge in [0.2, 0.25) is 10.0 Å². The molecule has 1 atom stereocenters. The number of Topliss-reactive ketones (excluding diaryl/α,β-unsaturated/α-hetero) is 1. The van der Waals surface area contributed by atoms with Crippen LogP contribution in [0.5, 0.6) is 11.5 Å². The standard InChI is InChI=1S/C27H35N3O7S/c1-7-37-21-14-11-19(17-22(21)36-6)24-23(26(32)27(33)30(24)16-8-15-28(2)3)25(31)18-9-12-20(13-10-18)38(34,35)29(4)5/h9-14,17,24,31H,7-8,15-16H2,1-6H3/b25-23+/t24-/m0/s1. The van der Waals surface area contributed by atoms with Crippen molar-refractivity contribution in [2.45, 2.75) is 24.3 Å². The zero-order chi connectivity index (χ0) is 28.2. The fourth-order valence-electron chi connectivity index (χ4n) is 4.29. The summed E-state index contributed by atoms with van der Waals surface area (Å²) < 4.78 is 37.1. The zero-order valence-corrected chi connectivity index (χ0v) is 23.4. The van der Waals surface area contributed by atoms with Crippen molar-refractivity contribution in [2.75, 3.05) is 55.0 Å². The Bertz CT molecular complexity index is 1320. The molecule has 11 heteroatoms. The Balaban J connectivity index is 2.14. The van der Waals surface area contributed by atoms with Crippen LogP contribution >= 0.6 is 0 Å². The monoisotopic (exact) mass is 545 g/mol. The number of nitrogens with zero attached hydrogens (tertiary/aromatic N) is 3. The molecule has 1 aliphatic heterocycles. The van der Waals surface area contributed by atoms with Gasteiger partial charge in [0.1, 0.15) is 5.76 Å². The number of carbonyl (C=O) groups excluding carboxylic acids is 2. The number of ether oxygens (including phenoxy) is 2. The van der Waals surface area contributed by atoms with Crippen LogP contribution in [0, 0.1) is 0 Å². The first-order valence-electron chi connectivity index (χ1n) is 12.2. The van der Waals surface area contributed by atoms with E-state index in [1.54, 1.807) is 18.2 Å². The number of amides is 1. The molecule has 1 heterocycles. The number of aliphatic hydroxyl groups excluding tert-OH is 1. The van der Waals surface area contributed by atoms with E-state index < -0.39 is 27.8 Å². The summed E-state index contributed by atoms with van der Waals surface area (Å²) in [6.07, 6.45) is 0.613. The normalized spacial score (nSPS) is 17.5. The van der Waals surface area contributed by atoms with E-state index in [1.165, 1.54) is 50.4 Å². The molecule has 1 N–H and O–H groups in total. The van der Waals surface area contributed by atoms with Crippen LogP contribution in [0.3, 0.4) is 0 Å². The smallest absolute Gasteiger partial charge is 0.295 e. The average molecular weight is 546 g/mol. The van der Waals surface area contributed by atoms with E-state index in [0.29, 0.717) is 43.2 Å². The second-order valence-electron chi connectivity index (χ2n) is 9.30. The van der Waals surface area contributed by atoms with Gasteiger partial charge in [0.15, 0.2) is 11.5 Å². The number of likely N-dealkylation sites (tertiary alicyclic amines) is 1. The summed E-state index contributed by atoms with van der Waals surface area (Å²) in [6, 6.07) is 9.81. The van der Waals surface area contributed by atoms with Gasteiger partial charge in [-0.2, -0.15) is 0 Å². The molecule has 1 aliphatic rings. The van der Waals surface area contributed by atoms with Gasteiger partial charge in [0, 0.05) is 26.2 Å². The fourth-order valence-corrected chi connectivity index (χ4v) is 5.20. The largest absolute Gasteiger partial charge is 0.507 e. The van der Waals surface area contributed by atoms with Crippen molar-refractivity contribution in [3.8, 4) is 11.5 Å². The molecule has 0 unspecified atom stereocenters. The lowest BCUT2D eigenvalue weighted by Crippen LogP contribution is -2.32. The Morgan fingerprint density at radius 3 is 2.24 bits per heavy atom. The van der Waals surface area contributed by atoms with Crippen LogP contribution < -0.4 is 9.47 Å². The molecule has 0 bridgehead atoms.